The van der Waals surface area contributed by atoms with E-state index in [1.165, 1.54) is 4.88 Å². The number of nitrogens with two attached hydrogens (primary N) is 1. The molecule has 2 rings (SSSR count). The molecule has 0 aliphatic carbocycles. The number of hydrogen-bond acceptors (Lipinski definition) is 3. The van der Waals surface area contributed by atoms with Crippen molar-refractivity contribution in [2.24, 2.45) is 5.73 Å². The number of hydrogen-bond donors (Lipinski definition) is 1. The molecule has 0 saturated carbocycles. The van der Waals surface area contributed by atoms with Crippen LogP contribution in [0.1, 0.15) is 27.2 Å². The van der Waals surface area contributed by atoms with Crippen LogP contribution in [0.3, 0.4) is 0 Å². The van der Waals surface area contributed by atoms with Gasteiger partial charge in [-0.3, -0.25) is 0 Å². The standard InChI is InChI=1S/C12H12BrClN2S/c1-6-7(2)17-12(16-6)11(15)9-5-8(14)3-4-10(9)13/h3-5,11H,15H2,1-2H3. The van der Waals surface area contributed by atoms with Gasteiger partial charge in [0.15, 0.2) is 0 Å². The summed E-state index contributed by atoms with van der Waals surface area (Å²) in [6, 6.07) is 5.38. The maximum absolute atomic E-state index is 6.23. The Labute approximate surface area is 118 Å². The van der Waals surface area contributed by atoms with Gasteiger partial charge < -0.3 is 5.73 Å². The number of aryl methyl sites for hydroxylation is 2. The zero-order chi connectivity index (χ0) is 12.6. The van der Waals surface area contributed by atoms with Gasteiger partial charge in [-0.1, -0.05) is 27.5 Å². The first-order valence-corrected chi connectivity index (χ1v) is 7.12. The molecule has 2 nitrogen and oxygen atoms in total. The summed E-state index contributed by atoms with van der Waals surface area (Å²) in [5, 5.41) is 1.60. The van der Waals surface area contributed by atoms with Gasteiger partial charge in [-0.25, -0.2) is 4.98 Å². The van der Waals surface area contributed by atoms with Crippen molar-refractivity contribution >= 4 is 38.9 Å². The Bertz CT molecular complexity index is 534. The predicted molar refractivity (Wildman–Crippen MR) is 76.8 cm³/mol. The molecule has 0 saturated heterocycles. The maximum atomic E-state index is 6.23. The minimum atomic E-state index is -0.236. The first kappa shape index (κ1) is 13.0. The molecular formula is C12H12BrClN2S. The molecule has 5 heteroatoms. The zero-order valence-corrected chi connectivity index (χ0v) is 12.7. The number of benzene rings is 1. The molecule has 1 heterocycles. The summed E-state index contributed by atoms with van der Waals surface area (Å²) in [4.78, 5) is 5.69. The lowest BCUT2D eigenvalue weighted by Crippen LogP contribution is -2.12. The molecule has 2 N–H and O–H groups in total. The largest absolute Gasteiger partial charge is 0.318 e. The van der Waals surface area contributed by atoms with Gasteiger partial charge in [0.1, 0.15) is 5.01 Å². The van der Waals surface area contributed by atoms with Crippen molar-refractivity contribution in [3.8, 4) is 0 Å². The van der Waals surface area contributed by atoms with Crippen molar-refractivity contribution in [2.45, 2.75) is 19.9 Å². The molecule has 0 radical (unpaired) electrons. The van der Waals surface area contributed by atoms with E-state index < -0.39 is 0 Å². The highest BCUT2D eigenvalue weighted by atomic mass is 79.9. The SMILES string of the molecule is Cc1nc(C(N)c2cc(Cl)ccc2Br)sc1C. The maximum Gasteiger partial charge on any atom is 0.114 e. The van der Waals surface area contributed by atoms with Crippen molar-refractivity contribution in [3.63, 3.8) is 0 Å². The van der Waals surface area contributed by atoms with Gasteiger partial charge in [0, 0.05) is 14.4 Å². The summed E-state index contributed by atoms with van der Waals surface area (Å²) in [5.41, 5.74) is 8.23. The molecule has 1 atom stereocenters. The highest BCUT2D eigenvalue weighted by Gasteiger charge is 2.17. The molecule has 0 fully saturated rings. The van der Waals surface area contributed by atoms with Crippen LogP contribution in [0.2, 0.25) is 5.02 Å². The minimum absolute atomic E-state index is 0.236. The van der Waals surface area contributed by atoms with Gasteiger partial charge in [0.25, 0.3) is 0 Å². The molecule has 0 amide bonds. The Balaban J connectivity index is 2.42. The highest BCUT2D eigenvalue weighted by molar-refractivity contribution is 9.10. The van der Waals surface area contributed by atoms with Gasteiger partial charge >= 0.3 is 0 Å². The van der Waals surface area contributed by atoms with E-state index >= 15 is 0 Å². The third-order valence-electron chi connectivity index (χ3n) is 2.60. The van der Waals surface area contributed by atoms with E-state index in [0.29, 0.717) is 5.02 Å². The molecule has 0 bridgehead atoms. The Morgan fingerprint density at radius 3 is 2.71 bits per heavy atom. The van der Waals surface area contributed by atoms with Crippen molar-refractivity contribution in [3.05, 3.63) is 48.8 Å². The van der Waals surface area contributed by atoms with Gasteiger partial charge in [0.2, 0.25) is 0 Å². The number of halogens is 2. The quantitative estimate of drug-likeness (QED) is 0.894. The van der Waals surface area contributed by atoms with E-state index in [1.54, 1.807) is 11.3 Å². The third-order valence-corrected chi connectivity index (χ3v) is 4.72. The molecule has 0 aliphatic heterocycles. The highest BCUT2D eigenvalue weighted by Crippen LogP contribution is 2.32. The van der Waals surface area contributed by atoms with E-state index in [1.807, 2.05) is 25.1 Å². The molecule has 90 valence electrons. The topological polar surface area (TPSA) is 38.9 Å². The fraction of sp³-hybridized carbons (Fsp3) is 0.250. The average Bonchev–Trinajstić information content (AvgIpc) is 2.62. The number of thiazole rings is 1. The van der Waals surface area contributed by atoms with Crippen LogP contribution in [-0.2, 0) is 0 Å². The van der Waals surface area contributed by atoms with E-state index in [9.17, 15) is 0 Å². The smallest absolute Gasteiger partial charge is 0.114 e. The number of rotatable bonds is 2. The molecule has 0 aliphatic rings. The van der Waals surface area contributed by atoms with Crippen LogP contribution in [0.15, 0.2) is 22.7 Å². The van der Waals surface area contributed by atoms with Crippen molar-refractivity contribution in [2.75, 3.05) is 0 Å². The van der Waals surface area contributed by atoms with Crippen LogP contribution in [0.25, 0.3) is 0 Å². The minimum Gasteiger partial charge on any atom is -0.318 e. The lowest BCUT2D eigenvalue weighted by Gasteiger charge is -2.11. The fourth-order valence-electron chi connectivity index (χ4n) is 1.52. The lowest BCUT2D eigenvalue weighted by molar-refractivity contribution is 0.847. The summed E-state index contributed by atoms with van der Waals surface area (Å²) < 4.78 is 0.958. The summed E-state index contributed by atoms with van der Waals surface area (Å²) in [7, 11) is 0. The van der Waals surface area contributed by atoms with E-state index in [-0.39, 0.29) is 6.04 Å². The van der Waals surface area contributed by atoms with Crippen LogP contribution in [-0.4, -0.2) is 4.98 Å². The third kappa shape index (κ3) is 2.71. The van der Waals surface area contributed by atoms with Gasteiger partial charge in [-0.05, 0) is 37.6 Å². The van der Waals surface area contributed by atoms with Gasteiger partial charge in [-0.15, -0.1) is 11.3 Å². The molecule has 1 unspecified atom stereocenters. The Morgan fingerprint density at radius 1 is 1.41 bits per heavy atom. The fourth-order valence-corrected chi connectivity index (χ4v) is 3.13. The van der Waals surface area contributed by atoms with Crippen LogP contribution < -0.4 is 5.73 Å². The second-order valence-electron chi connectivity index (χ2n) is 3.84. The summed E-state index contributed by atoms with van der Waals surface area (Å²) in [6.45, 7) is 4.05. The first-order valence-electron chi connectivity index (χ1n) is 5.13. The van der Waals surface area contributed by atoms with Gasteiger partial charge in [-0.2, -0.15) is 0 Å². The average molecular weight is 332 g/mol. The Kier molecular flexibility index (Phi) is 3.88. The first-order chi connectivity index (χ1) is 7.99. The second-order valence-corrected chi connectivity index (χ2v) is 6.36. The molecular weight excluding hydrogens is 320 g/mol. The van der Waals surface area contributed by atoms with Crippen LogP contribution in [0.5, 0.6) is 0 Å². The van der Waals surface area contributed by atoms with Crippen molar-refractivity contribution in [1.82, 2.24) is 4.98 Å². The number of nitrogens with zero attached hydrogens (tertiary/aromatic N) is 1. The predicted octanol–water partition coefficient (Wildman–Crippen LogP) is 4.22. The second kappa shape index (κ2) is 5.06. The summed E-state index contributed by atoms with van der Waals surface area (Å²) in [6.07, 6.45) is 0. The molecule has 17 heavy (non-hydrogen) atoms. The Hall–Kier alpha value is -0.420. The van der Waals surface area contributed by atoms with Crippen LogP contribution >= 0.6 is 38.9 Å². The molecule has 0 spiro atoms. The summed E-state index contributed by atoms with van der Waals surface area (Å²) in [5.74, 6) is 0. The monoisotopic (exact) mass is 330 g/mol. The van der Waals surface area contributed by atoms with E-state index in [4.69, 9.17) is 17.3 Å². The van der Waals surface area contributed by atoms with Crippen LogP contribution in [0, 0.1) is 13.8 Å². The molecule has 2 aromatic rings. The van der Waals surface area contributed by atoms with Crippen molar-refractivity contribution < 1.29 is 0 Å². The van der Waals surface area contributed by atoms with E-state index in [0.717, 1.165) is 20.7 Å². The normalized spacial score (nSPS) is 12.8. The Morgan fingerprint density at radius 2 is 2.12 bits per heavy atom. The van der Waals surface area contributed by atoms with Crippen molar-refractivity contribution in [1.29, 1.82) is 0 Å². The zero-order valence-electron chi connectivity index (χ0n) is 9.50. The molecule has 1 aromatic carbocycles. The van der Waals surface area contributed by atoms with E-state index in [2.05, 4.69) is 27.8 Å². The lowest BCUT2D eigenvalue weighted by atomic mass is 10.1. The van der Waals surface area contributed by atoms with Crippen LogP contribution in [0.4, 0.5) is 0 Å². The molecule has 1 aromatic heterocycles. The number of aromatic nitrogens is 1. The summed E-state index contributed by atoms with van der Waals surface area (Å²) >= 11 is 11.1. The van der Waals surface area contributed by atoms with Gasteiger partial charge in [0.05, 0.1) is 11.7 Å².